The number of benzene rings is 1. The Kier molecular flexibility index (Phi) is 5.05. The molecule has 2 aromatic heterocycles. The molecule has 8 nitrogen and oxygen atoms in total. The van der Waals surface area contributed by atoms with Gasteiger partial charge >= 0.3 is 11.9 Å². The molecule has 3 aromatic rings. The van der Waals surface area contributed by atoms with Crippen LogP contribution in [-0.4, -0.2) is 46.0 Å². The summed E-state index contributed by atoms with van der Waals surface area (Å²) >= 11 is 0. The Bertz CT molecular complexity index is 1010. The SMILES string of the molecule is O=c1n(C[NH+]2CCN(c3ccc(C(F)(F)F)c[nH+]3)CC2)nnn1-c1ccccc1. The van der Waals surface area contributed by atoms with E-state index in [2.05, 4.69) is 15.4 Å². The number of nitrogens with zero attached hydrogens (tertiary/aromatic N) is 5. The summed E-state index contributed by atoms with van der Waals surface area (Å²) in [5.41, 5.74) is -0.352. The zero-order chi connectivity index (χ0) is 20.4. The van der Waals surface area contributed by atoms with Gasteiger partial charge in [-0.1, -0.05) is 18.2 Å². The van der Waals surface area contributed by atoms with Crippen LogP contribution in [0.1, 0.15) is 5.56 Å². The van der Waals surface area contributed by atoms with E-state index in [4.69, 9.17) is 0 Å². The van der Waals surface area contributed by atoms with Crippen LogP contribution in [0, 0.1) is 0 Å². The van der Waals surface area contributed by atoms with Crippen LogP contribution in [0.4, 0.5) is 19.0 Å². The molecule has 1 fully saturated rings. The van der Waals surface area contributed by atoms with E-state index in [1.807, 2.05) is 23.1 Å². The molecular formula is C18H20F3N7O+2. The maximum Gasteiger partial charge on any atom is 0.419 e. The summed E-state index contributed by atoms with van der Waals surface area (Å²) in [5, 5.41) is 7.90. The van der Waals surface area contributed by atoms with Crippen molar-refractivity contribution in [1.29, 1.82) is 0 Å². The third-order valence-corrected chi connectivity index (χ3v) is 4.95. The third-order valence-electron chi connectivity index (χ3n) is 4.95. The van der Waals surface area contributed by atoms with Crippen LogP contribution >= 0.6 is 0 Å². The van der Waals surface area contributed by atoms with Crippen molar-refractivity contribution in [2.45, 2.75) is 12.8 Å². The van der Waals surface area contributed by atoms with Crippen LogP contribution in [0.5, 0.6) is 0 Å². The summed E-state index contributed by atoms with van der Waals surface area (Å²) in [6, 6.07) is 11.6. The van der Waals surface area contributed by atoms with Gasteiger partial charge in [-0.2, -0.15) is 17.9 Å². The maximum absolute atomic E-state index is 12.7. The predicted molar refractivity (Wildman–Crippen MR) is 96.5 cm³/mol. The molecule has 1 aliphatic rings. The molecule has 0 unspecified atom stereocenters. The standard InChI is InChI=1S/C18H18F3N7O/c19-18(20,21)14-6-7-16(22-12-14)26-10-8-25(9-11-26)13-27-17(29)28(24-23-27)15-4-2-1-3-5-15/h1-7,12H,8-11,13H2/p+2. The molecule has 4 rings (SSSR count). The van der Waals surface area contributed by atoms with E-state index < -0.39 is 11.7 Å². The van der Waals surface area contributed by atoms with Gasteiger partial charge in [0.1, 0.15) is 32.4 Å². The lowest BCUT2D eigenvalue weighted by Crippen LogP contribution is -3.14. The van der Waals surface area contributed by atoms with Crippen molar-refractivity contribution < 1.29 is 23.1 Å². The van der Waals surface area contributed by atoms with Gasteiger partial charge in [0, 0.05) is 6.07 Å². The van der Waals surface area contributed by atoms with Crippen molar-refractivity contribution in [2.24, 2.45) is 0 Å². The van der Waals surface area contributed by atoms with E-state index in [0.29, 0.717) is 31.3 Å². The second-order valence-corrected chi connectivity index (χ2v) is 6.86. The average molecular weight is 407 g/mol. The van der Waals surface area contributed by atoms with Crippen LogP contribution < -0.4 is 20.5 Å². The van der Waals surface area contributed by atoms with Crippen LogP contribution in [-0.2, 0) is 12.8 Å². The second kappa shape index (κ2) is 7.66. The molecule has 0 atom stereocenters. The molecule has 2 N–H and O–H groups in total. The first-order chi connectivity index (χ1) is 13.9. The van der Waals surface area contributed by atoms with E-state index in [9.17, 15) is 18.0 Å². The summed E-state index contributed by atoms with van der Waals surface area (Å²) < 4.78 is 40.6. The Balaban J connectivity index is 1.37. The molecule has 1 aliphatic heterocycles. The highest BCUT2D eigenvalue weighted by molar-refractivity contribution is 5.34. The first-order valence-electron chi connectivity index (χ1n) is 9.17. The van der Waals surface area contributed by atoms with Gasteiger partial charge in [0.25, 0.3) is 5.82 Å². The molecule has 29 heavy (non-hydrogen) atoms. The molecule has 152 valence electrons. The minimum absolute atomic E-state index is 0.304. The summed E-state index contributed by atoms with van der Waals surface area (Å²) in [6.45, 7) is 3.13. The van der Waals surface area contributed by atoms with E-state index in [1.165, 1.54) is 15.4 Å². The first-order valence-corrected chi connectivity index (χ1v) is 9.17. The van der Waals surface area contributed by atoms with Gasteiger partial charge in [0.15, 0.2) is 6.67 Å². The number of aromatic nitrogens is 5. The van der Waals surface area contributed by atoms with E-state index in [-0.39, 0.29) is 5.69 Å². The van der Waals surface area contributed by atoms with E-state index in [0.717, 1.165) is 30.3 Å². The van der Waals surface area contributed by atoms with Gasteiger partial charge in [0.05, 0.1) is 11.3 Å². The number of alkyl halides is 3. The Labute approximate surface area is 163 Å². The van der Waals surface area contributed by atoms with Crippen molar-refractivity contribution in [1.82, 2.24) is 19.8 Å². The summed E-state index contributed by atoms with van der Waals surface area (Å²) in [4.78, 5) is 18.4. The van der Waals surface area contributed by atoms with Gasteiger partial charge < -0.3 is 4.90 Å². The fraction of sp³-hybridized carbons (Fsp3) is 0.333. The van der Waals surface area contributed by atoms with Gasteiger partial charge in [-0.15, -0.1) is 4.68 Å². The minimum atomic E-state index is -4.36. The molecule has 0 saturated carbocycles. The van der Waals surface area contributed by atoms with Crippen molar-refractivity contribution in [3.05, 3.63) is 64.7 Å². The number of hydrogen-bond acceptors (Lipinski definition) is 4. The monoisotopic (exact) mass is 407 g/mol. The van der Waals surface area contributed by atoms with Crippen LogP contribution in [0.2, 0.25) is 0 Å². The number of anilines is 1. The maximum atomic E-state index is 12.7. The fourth-order valence-corrected chi connectivity index (χ4v) is 3.33. The lowest BCUT2D eigenvalue weighted by molar-refractivity contribution is -0.924. The number of hydrogen-bond donors (Lipinski definition) is 1. The number of piperazine rings is 1. The molecule has 0 aliphatic carbocycles. The highest BCUT2D eigenvalue weighted by atomic mass is 19.4. The number of quaternary nitrogens is 1. The molecule has 3 heterocycles. The Morgan fingerprint density at radius 2 is 1.76 bits per heavy atom. The number of halogens is 3. The number of aromatic amines is 1. The van der Waals surface area contributed by atoms with E-state index >= 15 is 0 Å². The smallest absolute Gasteiger partial charge is 0.310 e. The number of tetrazole rings is 1. The largest absolute Gasteiger partial charge is 0.419 e. The summed E-state index contributed by atoms with van der Waals surface area (Å²) in [5.74, 6) is 0.643. The third kappa shape index (κ3) is 4.14. The first kappa shape index (κ1) is 19.1. The molecule has 1 saturated heterocycles. The van der Waals surface area contributed by atoms with Crippen LogP contribution in [0.15, 0.2) is 53.5 Å². The normalized spacial score (nSPS) is 15.6. The number of H-pyrrole nitrogens is 1. The lowest BCUT2D eigenvalue weighted by Gasteiger charge is -2.27. The van der Waals surface area contributed by atoms with Crippen molar-refractivity contribution >= 4 is 5.82 Å². The Morgan fingerprint density at radius 1 is 1.03 bits per heavy atom. The van der Waals surface area contributed by atoms with Gasteiger partial charge in [0.2, 0.25) is 0 Å². The van der Waals surface area contributed by atoms with Crippen molar-refractivity contribution in [3.8, 4) is 5.69 Å². The topological polar surface area (TPSA) is 74.5 Å². The zero-order valence-corrected chi connectivity index (χ0v) is 15.4. The summed E-state index contributed by atoms with van der Waals surface area (Å²) in [6.07, 6.45) is -3.38. The second-order valence-electron chi connectivity index (χ2n) is 6.86. The van der Waals surface area contributed by atoms with Crippen LogP contribution in [0.3, 0.4) is 0 Å². The molecule has 0 amide bonds. The highest BCUT2D eigenvalue weighted by Gasteiger charge is 2.33. The molecule has 0 radical (unpaired) electrons. The summed E-state index contributed by atoms with van der Waals surface area (Å²) in [7, 11) is 0. The predicted octanol–water partition coefficient (Wildman–Crippen LogP) is -0.375. The molecule has 0 bridgehead atoms. The quantitative estimate of drug-likeness (QED) is 0.640. The zero-order valence-electron chi connectivity index (χ0n) is 15.4. The van der Waals surface area contributed by atoms with Gasteiger partial charge in [-0.25, -0.2) is 9.78 Å². The van der Waals surface area contributed by atoms with Gasteiger partial charge in [-0.3, -0.25) is 4.90 Å². The Hall–Kier alpha value is -3.21. The minimum Gasteiger partial charge on any atom is -0.310 e. The van der Waals surface area contributed by atoms with Crippen LogP contribution in [0.25, 0.3) is 5.69 Å². The lowest BCUT2D eigenvalue weighted by atomic mass is 10.2. The fourth-order valence-electron chi connectivity index (χ4n) is 3.33. The molecule has 1 aromatic carbocycles. The Morgan fingerprint density at radius 3 is 2.38 bits per heavy atom. The van der Waals surface area contributed by atoms with Crippen molar-refractivity contribution in [3.63, 3.8) is 0 Å². The molecule has 0 spiro atoms. The molecule has 11 heteroatoms. The van der Waals surface area contributed by atoms with Gasteiger partial charge in [-0.05, 0) is 28.6 Å². The molecular weight excluding hydrogens is 387 g/mol. The average Bonchev–Trinajstić information content (AvgIpc) is 3.09. The number of para-hydroxylation sites is 1. The van der Waals surface area contributed by atoms with Crippen molar-refractivity contribution in [2.75, 3.05) is 31.1 Å². The number of rotatable bonds is 4. The number of nitrogens with one attached hydrogen (secondary N) is 2. The van der Waals surface area contributed by atoms with E-state index in [1.54, 1.807) is 12.1 Å². The highest BCUT2D eigenvalue weighted by Crippen LogP contribution is 2.28. The number of pyridine rings is 1.